The topological polar surface area (TPSA) is 56.3 Å². The zero-order chi connectivity index (χ0) is 12.1. The summed E-state index contributed by atoms with van der Waals surface area (Å²) in [7, 11) is 3.92. The third kappa shape index (κ3) is 2.66. The normalized spacial score (nSPS) is 10.8. The van der Waals surface area contributed by atoms with Gasteiger partial charge in [0.15, 0.2) is 0 Å². The van der Waals surface area contributed by atoms with E-state index in [2.05, 4.69) is 16.9 Å². The molecule has 0 radical (unpaired) electrons. The van der Waals surface area contributed by atoms with E-state index in [4.69, 9.17) is 10.5 Å². The van der Waals surface area contributed by atoms with Crippen molar-refractivity contribution in [3.63, 3.8) is 0 Å². The molecule has 5 heteroatoms. The third-order valence-electron chi connectivity index (χ3n) is 2.60. The Morgan fingerprint density at radius 2 is 2.12 bits per heavy atom. The molecule has 92 valence electrons. The quantitative estimate of drug-likeness (QED) is 0.736. The van der Waals surface area contributed by atoms with Crippen molar-refractivity contribution in [1.29, 1.82) is 0 Å². The van der Waals surface area contributed by atoms with Crippen molar-refractivity contribution < 1.29 is 4.74 Å². The van der Waals surface area contributed by atoms with Crippen molar-refractivity contribution in [1.82, 2.24) is 9.78 Å². The van der Waals surface area contributed by atoms with Crippen LogP contribution in [0.25, 0.3) is 0 Å². The molecule has 2 N–H and O–H groups in total. The summed E-state index contributed by atoms with van der Waals surface area (Å²) in [5.41, 5.74) is 7.79. The van der Waals surface area contributed by atoms with E-state index in [1.807, 2.05) is 25.7 Å². The summed E-state index contributed by atoms with van der Waals surface area (Å²) in [5.74, 6) is 0.969. The van der Waals surface area contributed by atoms with E-state index < -0.39 is 0 Å². The fraction of sp³-hybridized carbons (Fsp3) is 0.727. The van der Waals surface area contributed by atoms with Gasteiger partial charge in [-0.05, 0) is 13.3 Å². The Morgan fingerprint density at radius 3 is 2.62 bits per heavy atom. The summed E-state index contributed by atoms with van der Waals surface area (Å²) < 4.78 is 7.16. The van der Waals surface area contributed by atoms with Gasteiger partial charge in [0.05, 0.1) is 18.0 Å². The van der Waals surface area contributed by atoms with E-state index in [1.54, 1.807) is 0 Å². The fourth-order valence-electron chi connectivity index (χ4n) is 1.75. The van der Waals surface area contributed by atoms with Gasteiger partial charge in [-0.2, -0.15) is 5.10 Å². The highest BCUT2D eigenvalue weighted by molar-refractivity contribution is 5.66. The molecular formula is C11H22N4O. The van der Waals surface area contributed by atoms with Gasteiger partial charge < -0.3 is 15.4 Å². The molecule has 0 spiro atoms. The fourth-order valence-corrected chi connectivity index (χ4v) is 1.75. The number of aryl methyl sites for hydroxylation is 2. The van der Waals surface area contributed by atoms with Gasteiger partial charge >= 0.3 is 0 Å². The maximum atomic E-state index is 6.05. The number of ether oxygens (including phenoxy) is 1. The molecule has 0 aromatic carbocycles. The minimum absolute atomic E-state index is 0.707. The smallest absolute Gasteiger partial charge is 0.150 e. The summed E-state index contributed by atoms with van der Waals surface area (Å²) in [6, 6.07) is 0. The van der Waals surface area contributed by atoms with Crippen LogP contribution in [0.5, 0.6) is 0 Å². The number of nitrogen functional groups attached to an aromatic ring is 1. The molecule has 1 rings (SSSR count). The molecule has 0 aliphatic rings. The molecule has 0 aliphatic carbocycles. The number of aromatic nitrogens is 2. The Bertz CT molecular complexity index is 335. The zero-order valence-electron chi connectivity index (χ0n) is 10.7. The first-order chi connectivity index (χ1) is 7.61. The standard InChI is InChI=1S/C11H22N4O/c1-5-9-10(12)11(15(4)13-9)14(3)7-8-16-6-2/h5-8,12H2,1-4H3. The lowest BCUT2D eigenvalue weighted by Crippen LogP contribution is -2.25. The minimum atomic E-state index is 0.707. The van der Waals surface area contributed by atoms with Crippen molar-refractivity contribution in [2.24, 2.45) is 7.05 Å². The second kappa shape index (κ2) is 5.75. The van der Waals surface area contributed by atoms with E-state index in [9.17, 15) is 0 Å². The molecular weight excluding hydrogens is 204 g/mol. The van der Waals surface area contributed by atoms with Crippen molar-refractivity contribution in [2.45, 2.75) is 20.3 Å². The maximum absolute atomic E-state index is 6.05. The van der Waals surface area contributed by atoms with Gasteiger partial charge in [0.25, 0.3) is 0 Å². The van der Waals surface area contributed by atoms with E-state index >= 15 is 0 Å². The van der Waals surface area contributed by atoms with Crippen LogP contribution in [-0.2, 0) is 18.2 Å². The molecule has 0 amide bonds. The predicted molar refractivity (Wildman–Crippen MR) is 66.8 cm³/mol. The van der Waals surface area contributed by atoms with Gasteiger partial charge in [0, 0.05) is 27.2 Å². The number of nitrogens with zero attached hydrogens (tertiary/aromatic N) is 3. The summed E-state index contributed by atoms with van der Waals surface area (Å²) in [6.45, 7) is 6.32. The first-order valence-electron chi connectivity index (χ1n) is 5.72. The van der Waals surface area contributed by atoms with Gasteiger partial charge in [-0.25, -0.2) is 0 Å². The number of rotatable bonds is 6. The molecule has 0 unspecified atom stereocenters. The van der Waals surface area contributed by atoms with Crippen LogP contribution in [0, 0.1) is 0 Å². The Morgan fingerprint density at radius 1 is 1.44 bits per heavy atom. The summed E-state index contributed by atoms with van der Waals surface area (Å²) in [5, 5.41) is 4.39. The molecule has 1 aromatic rings. The van der Waals surface area contributed by atoms with Gasteiger partial charge in [0.2, 0.25) is 0 Å². The highest BCUT2D eigenvalue weighted by atomic mass is 16.5. The van der Waals surface area contributed by atoms with Gasteiger partial charge in [-0.1, -0.05) is 6.92 Å². The second-order valence-electron chi connectivity index (χ2n) is 3.78. The molecule has 16 heavy (non-hydrogen) atoms. The highest BCUT2D eigenvalue weighted by Crippen LogP contribution is 2.25. The van der Waals surface area contributed by atoms with Gasteiger partial charge in [0.1, 0.15) is 5.82 Å². The average molecular weight is 226 g/mol. The maximum Gasteiger partial charge on any atom is 0.150 e. The molecule has 0 saturated heterocycles. The number of anilines is 2. The summed E-state index contributed by atoms with van der Waals surface area (Å²) >= 11 is 0. The molecule has 1 aromatic heterocycles. The molecule has 5 nitrogen and oxygen atoms in total. The summed E-state index contributed by atoms with van der Waals surface area (Å²) in [6.07, 6.45) is 0.860. The molecule has 1 heterocycles. The SMILES string of the molecule is CCOCCN(C)c1c(N)c(CC)nn1C. The first kappa shape index (κ1) is 12.8. The van der Waals surface area contributed by atoms with Crippen LogP contribution in [-0.4, -0.2) is 36.6 Å². The highest BCUT2D eigenvalue weighted by Gasteiger charge is 2.15. The lowest BCUT2D eigenvalue weighted by atomic mass is 10.3. The Labute approximate surface area is 97.2 Å². The lowest BCUT2D eigenvalue weighted by molar-refractivity contribution is 0.154. The van der Waals surface area contributed by atoms with Gasteiger partial charge in [-0.3, -0.25) is 4.68 Å². The van der Waals surface area contributed by atoms with Gasteiger partial charge in [-0.15, -0.1) is 0 Å². The number of likely N-dealkylation sites (N-methyl/N-ethyl adjacent to an activating group) is 1. The Kier molecular flexibility index (Phi) is 4.61. The molecule has 0 atom stereocenters. The van der Waals surface area contributed by atoms with Crippen molar-refractivity contribution in [3.8, 4) is 0 Å². The number of hydrogen-bond donors (Lipinski definition) is 1. The monoisotopic (exact) mass is 226 g/mol. The van der Waals surface area contributed by atoms with Crippen LogP contribution in [0.2, 0.25) is 0 Å². The molecule has 0 saturated carbocycles. The van der Waals surface area contributed by atoms with Crippen molar-refractivity contribution in [3.05, 3.63) is 5.69 Å². The van der Waals surface area contributed by atoms with E-state index in [1.165, 1.54) is 0 Å². The molecule has 0 fully saturated rings. The zero-order valence-corrected chi connectivity index (χ0v) is 10.7. The number of hydrogen-bond acceptors (Lipinski definition) is 4. The van der Waals surface area contributed by atoms with Crippen LogP contribution in [0.3, 0.4) is 0 Å². The lowest BCUT2D eigenvalue weighted by Gasteiger charge is -2.19. The molecule has 0 aliphatic heterocycles. The van der Waals surface area contributed by atoms with Crippen molar-refractivity contribution >= 4 is 11.5 Å². The van der Waals surface area contributed by atoms with Crippen LogP contribution < -0.4 is 10.6 Å². The second-order valence-corrected chi connectivity index (χ2v) is 3.78. The Hall–Kier alpha value is -1.23. The van der Waals surface area contributed by atoms with E-state index in [-0.39, 0.29) is 0 Å². The van der Waals surface area contributed by atoms with Crippen LogP contribution in [0.15, 0.2) is 0 Å². The van der Waals surface area contributed by atoms with Crippen LogP contribution in [0.1, 0.15) is 19.5 Å². The van der Waals surface area contributed by atoms with Crippen molar-refractivity contribution in [2.75, 3.05) is 37.4 Å². The molecule has 0 bridgehead atoms. The first-order valence-corrected chi connectivity index (χ1v) is 5.72. The predicted octanol–water partition coefficient (Wildman–Crippen LogP) is 1.04. The third-order valence-corrected chi connectivity index (χ3v) is 2.60. The van der Waals surface area contributed by atoms with Crippen LogP contribution in [0.4, 0.5) is 11.5 Å². The average Bonchev–Trinajstić information content (AvgIpc) is 2.54. The van der Waals surface area contributed by atoms with E-state index in [0.717, 1.165) is 36.8 Å². The van der Waals surface area contributed by atoms with E-state index in [0.29, 0.717) is 6.61 Å². The van der Waals surface area contributed by atoms with Crippen LogP contribution >= 0.6 is 0 Å². The Balaban J connectivity index is 2.74. The summed E-state index contributed by atoms with van der Waals surface area (Å²) in [4.78, 5) is 2.08. The largest absolute Gasteiger partial charge is 0.394 e. The number of nitrogens with two attached hydrogens (primary N) is 1. The minimum Gasteiger partial charge on any atom is -0.394 e.